The zero-order chi connectivity index (χ0) is 18.1. The van der Waals surface area contributed by atoms with Gasteiger partial charge >= 0.3 is 6.03 Å². The molecule has 0 aliphatic carbocycles. The van der Waals surface area contributed by atoms with E-state index in [0.717, 1.165) is 27.5 Å². The van der Waals surface area contributed by atoms with E-state index >= 15 is 0 Å². The third-order valence-electron chi connectivity index (χ3n) is 4.71. The Morgan fingerprint density at radius 2 is 2.04 bits per heavy atom. The predicted octanol–water partition coefficient (Wildman–Crippen LogP) is 4.75. The van der Waals surface area contributed by atoms with Crippen LogP contribution in [0.3, 0.4) is 0 Å². The van der Waals surface area contributed by atoms with E-state index in [0.29, 0.717) is 6.54 Å². The number of thioether (sulfide) groups is 1. The van der Waals surface area contributed by atoms with Crippen molar-refractivity contribution in [3.05, 3.63) is 53.4 Å². The molecule has 1 aliphatic rings. The van der Waals surface area contributed by atoms with Crippen molar-refractivity contribution < 1.29 is 9.53 Å². The lowest BCUT2D eigenvalue weighted by molar-refractivity contribution is 0.193. The van der Waals surface area contributed by atoms with E-state index in [1.165, 1.54) is 15.8 Å². The van der Waals surface area contributed by atoms with Crippen molar-refractivity contribution in [3.63, 3.8) is 0 Å². The standard InChI is InChI=1S/C20H20N2O2S2/c1-24-17-8-7-14(13-5-3-2-4-6-13)19-15(17)11-18(26-19)16-12-25-10-9-22(16)20(21)23/h2-8,11,16H,9-10,12H2,1H3,(H2,21,23). The molecule has 0 bridgehead atoms. The molecule has 6 heteroatoms. The highest BCUT2D eigenvalue weighted by molar-refractivity contribution is 7.99. The summed E-state index contributed by atoms with van der Waals surface area (Å²) >= 11 is 3.60. The van der Waals surface area contributed by atoms with Crippen LogP contribution < -0.4 is 10.5 Å². The maximum atomic E-state index is 11.9. The predicted molar refractivity (Wildman–Crippen MR) is 110 cm³/mol. The number of nitrogens with zero attached hydrogens (tertiary/aromatic N) is 1. The molecule has 2 heterocycles. The molecule has 2 aromatic carbocycles. The number of benzene rings is 2. The van der Waals surface area contributed by atoms with Gasteiger partial charge in [0.15, 0.2) is 0 Å². The Balaban J connectivity index is 1.86. The minimum Gasteiger partial charge on any atom is -0.496 e. The molecule has 4 nitrogen and oxygen atoms in total. The van der Waals surface area contributed by atoms with Crippen LogP contribution in [0.4, 0.5) is 4.79 Å². The minimum absolute atomic E-state index is 0.0250. The molecule has 1 atom stereocenters. The number of carbonyl (C=O) groups is 1. The second-order valence-electron chi connectivity index (χ2n) is 6.20. The fourth-order valence-corrected chi connectivity index (χ4v) is 5.91. The van der Waals surface area contributed by atoms with Crippen LogP contribution in [0.25, 0.3) is 21.2 Å². The van der Waals surface area contributed by atoms with Crippen LogP contribution in [-0.2, 0) is 0 Å². The molecule has 3 aromatic rings. The number of hydrogen-bond acceptors (Lipinski definition) is 4. The summed E-state index contributed by atoms with van der Waals surface area (Å²) < 4.78 is 6.78. The first-order valence-electron chi connectivity index (χ1n) is 8.48. The first-order chi connectivity index (χ1) is 12.7. The molecule has 1 aliphatic heterocycles. The lowest BCUT2D eigenvalue weighted by Gasteiger charge is -2.33. The maximum absolute atomic E-state index is 11.9. The number of carbonyl (C=O) groups excluding carboxylic acids is 1. The summed E-state index contributed by atoms with van der Waals surface area (Å²) in [6.07, 6.45) is 0. The number of primary amides is 1. The Labute approximate surface area is 160 Å². The van der Waals surface area contributed by atoms with Crippen molar-refractivity contribution in [1.29, 1.82) is 0 Å². The number of hydrogen-bond donors (Lipinski definition) is 1. The molecule has 2 amide bonds. The SMILES string of the molecule is COc1ccc(-c2ccccc2)c2sc(C3CSCCN3C(N)=O)cc12. The van der Waals surface area contributed by atoms with Crippen molar-refractivity contribution in [2.75, 3.05) is 25.2 Å². The van der Waals surface area contributed by atoms with Crippen LogP contribution in [0.1, 0.15) is 10.9 Å². The zero-order valence-corrected chi connectivity index (χ0v) is 16.1. The second kappa shape index (κ2) is 7.21. The molecule has 0 saturated carbocycles. The fraction of sp³-hybridized carbons (Fsp3) is 0.250. The third kappa shape index (κ3) is 3.04. The molecule has 0 radical (unpaired) electrons. The van der Waals surface area contributed by atoms with Crippen LogP contribution >= 0.6 is 23.1 Å². The number of nitrogens with two attached hydrogens (primary N) is 1. The van der Waals surface area contributed by atoms with Gasteiger partial charge in [-0.2, -0.15) is 11.8 Å². The number of methoxy groups -OCH3 is 1. The van der Waals surface area contributed by atoms with E-state index in [4.69, 9.17) is 10.5 Å². The smallest absolute Gasteiger partial charge is 0.315 e. The fourth-order valence-electron chi connectivity index (χ4n) is 3.41. The lowest BCUT2D eigenvalue weighted by Crippen LogP contribution is -2.43. The highest BCUT2D eigenvalue weighted by Crippen LogP contribution is 2.43. The maximum Gasteiger partial charge on any atom is 0.315 e. The van der Waals surface area contributed by atoms with Gasteiger partial charge in [0.05, 0.1) is 13.2 Å². The van der Waals surface area contributed by atoms with Gasteiger partial charge in [0, 0.05) is 33.0 Å². The Bertz CT molecular complexity index is 940. The normalized spacial score (nSPS) is 17.4. The molecule has 1 fully saturated rings. The number of urea groups is 1. The van der Waals surface area contributed by atoms with Gasteiger partial charge in [-0.05, 0) is 29.3 Å². The van der Waals surface area contributed by atoms with Gasteiger partial charge in [0.2, 0.25) is 0 Å². The minimum atomic E-state index is -0.344. The quantitative estimate of drug-likeness (QED) is 0.709. The first-order valence-corrected chi connectivity index (χ1v) is 10.5. The van der Waals surface area contributed by atoms with Crippen LogP contribution in [0, 0.1) is 0 Å². The van der Waals surface area contributed by atoms with Gasteiger partial charge in [-0.1, -0.05) is 30.3 Å². The van der Waals surface area contributed by atoms with Crippen molar-refractivity contribution in [2.45, 2.75) is 6.04 Å². The molecule has 26 heavy (non-hydrogen) atoms. The average molecular weight is 385 g/mol. The molecule has 4 rings (SSSR count). The summed E-state index contributed by atoms with van der Waals surface area (Å²) in [5, 5.41) is 1.09. The third-order valence-corrected chi connectivity index (χ3v) is 7.00. The van der Waals surface area contributed by atoms with Gasteiger partial charge < -0.3 is 15.4 Å². The lowest BCUT2D eigenvalue weighted by atomic mass is 10.0. The summed E-state index contributed by atoms with van der Waals surface area (Å²) in [6, 6.07) is 16.3. The summed E-state index contributed by atoms with van der Waals surface area (Å²) in [4.78, 5) is 14.8. The summed E-state index contributed by atoms with van der Waals surface area (Å²) in [6.45, 7) is 0.696. The summed E-state index contributed by atoms with van der Waals surface area (Å²) in [5.41, 5.74) is 7.99. The van der Waals surface area contributed by atoms with E-state index in [1.54, 1.807) is 23.3 Å². The highest BCUT2D eigenvalue weighted by atomic mass is 32.2. The van der Waals surface area contributed by atoms with Crippen molar-refractivity contribution in [2.24, 2.45) is 5.73 Å². The van der Waals surface area contributed by atoms with Gasteiger partial charge in [0.25, 0.3) is 0 Å². The van der Waals surface area contributed by atoms with Crippen molar-refractivity contribution in [3.8, 4) is 16.9 Å². The zero-order valence-electron chi connectivity index (χ0n) is 14.5. The Hall–Kier alpha value is -2.18. The number of thiophene rings is 1. The highest BCUT2D eigenvalue weighted by Gasteiger charge is 2.29. The first kappa shape index (κ1) is 17.2. The number of fused-ring (bicyclic) bond motifs is 1. The van der Waals surface area contributed by atoms with E-state index in [-0.39, 0.29) is 12.1 Å². The largest absolute Gasteiger partial charge is 0.496 e. The van der Waals surface area contributed by atoms with E-state index in [2.05, 4.69) is 24.3 Å². The molecule has 1 unspecified atom stereocenters. The van der Waals surface area contributed by atoms with Crippen LogP contribution in [0.15, 0.2) is 48.5 Å². The Kier molecular flexibility index (Phi) is 4.78. The summed E-state index contributed by atoms with van der Waals surface area (Å²) in [5.74, 6) is 2.66. The van der Waals surface area contributed by atoms with E-state index < -0.39 is 0 Å². The number of amides is 2. The number of rotatable bonds is 3. The van der Waals surface area contributed by atoms with E-state index in [1.807, 2.05) is 36.0 Å². The Morgan fingerprint density at radius 3 is 2.77 bits per heavy atom. The molecule has 134 valence electrons. The second-order valence-corrected chi connectivity index (χ2v) is 8.43. The molecule has 2 N–H and O–H groups in total. The van der Waals surface area contributed by atoms with Crippen molar-refractivity contribution in [1.82, 2.24) is 4.90 Å². The van der Waals surface area contributed by atoms with Gasteiger partial charge in [-0.3, -0.25) is 0 Å². The molecule has 0 spiro atoms. The molecular weight excluding hydrogens is 364 g/mol. The average Bonchev–Trinajstić information content (AvgIpc) is 3.13. The van der Waals surface area contributed by atoms with Crippen LogP contribution in [-0.4, -0.2) is 36.1 Å². The van der Waals surface area contributed by atoms with Crippen LogP contribution in [0.5, 0.6) is 5.75 Å². The van der Waals surface area contributed by atoms with Gasteiger partial charge in [-0.25, -0.2) is 4.79 Å². The van der Waals surface area contributed by atoms with Gasteiger partial charge in [0.1, 0.15) is 5.75 Å². The van der Waals surface area contributed by atoms with Gasteiger partial charge in [-0.15, -0.1) is 11.3 Å². The summed E-state index contributed by atoms with van der Waals surface area (Å²) in [7, 11) is 1.69. The molecule has 1 aromatic heterocycles. The van der Waals surface area contributed by atoms with Crippen molar-refractivity contribution >= 4 is 39.2 Å². The van der Waals surface area contributed by atoms with E-state index in [9.17, 15) is 4.79 Å². The van der Waals surface area contributed by atoms with Crippen LogP contribution in [0.2, 0.25) is 0 Å². The number of ether oxygens (including phenoxy) is 1. The Morgan fingerprint density at radius 1 is 1.23 bits per heavy atom. The topological polar surface area (TPSA) is 55.6 Å². The monoisotopic (exact) mass is 384 g/mol. The molecular formula is C20H20N2O2S2. The molecule has 1 saturated heterocycles.